The van der Waals surface area contributed by atoms with Gasteiger partial charge in [0.25, 0.3) is 0 Å². The van der Waals surface area contributed by atoms with Crippen LogP contribution in [0.25, 0.3) is 0 Å². The van der Waals surface area contributed by atoms with Gasteiger partial charge < -0.3 is 9.88 Å². The molecule has 0 unspecified atom stereocenters. The number of nitrogens with one attached hydrogen (secondary N) is 1. The summed E-state index contributed by atoms with van der Waals surface area (Å²) in [6.45, 7) is 2.73. The SMILES string of the molecule is Cc1ccc(NCc2nncn2C)c(Br)c1. The summed E-state index contributed by atoms with van der Waals surface area (Å²) in [4.78, 5) is 0. The fraction of sp³-hybridized carbons (Fsp3) is 0.273. The summed E-state index contributed by atoms with van der Waals surface area (Å²) in [6, 6.07) is 6.21. The molecular weight excluding hydrogens is 268 g/mol. The van der Waals surface area contributed by atoms with E-state index in [4.69, 9.17) is 0 Å². The minimum absolute atomic E-state index is 0.665. The van der Waals surface area contributed by atoms with Crippen molar-refractivity contribution < 1.29 is 0 Å². The molecule has 84 valence electrons. The molecule has 0 radical (unpaired) electrons. The molecule has 0 saturated heterocycles. The van der Waals surface area contributed by atoms with Gasteiger partial charge in [0.05, 0.1) is 6.54 Å². The van der Waals surface area contributed by atoms with Gasteiger partial charge in [0.1, 0.15) is 6.33 Å². The largest absolute Gasteiger partial charge is 0.377 e. The lowest BCUT2D eigenvalue weighted by molar-refractivity contribution is 0.812. The van der Waals surface area contributed by atoms with Gasteiger partial charge in [-0.05, 0) is 40.5 Å². The van der Waals surface area contributed by atoms with Crippen LogP contribution in [-0.4, -0.2) is 14.8 Å². The maximum absolute atomic E-state index is 4.01. The zero-order chi connectivity index (χ0) is 11.5. The van der Waals surface area contributed by atoms with Crippen LogP contribution >= 0.6 is 15.9 Å². The van der Waals surface area contributed by atoms with Crippen molar-refractivity contribution in [1.82, 2.24) is 14.8 Å². The monoisotopic (exact) mass is 280 g/mol. The van der Waals surface area contributed by atoms with Gasteiger partial charge in [-0.25, -0.2) is 0 Å². The topological polar surface area (TPSA) is 42.7 Å². The zero-order valence-electron chi connectivity index (χ0n) is 9.24. The smallest absolute Gasteiger partial charge is 0.151 e. The Bertz CT molecular complexity index is 492. The second-order valence-electron chi connectivity index (χ2n) is 3.69. The lowest BCUT2D eigenvalue weighted by atomic mass is 10.2. The summed E-state index contributed by atoms with van der Waals surface area (Å²) in [5.41, 5.74) is 2.30. The first-order chi connectivity index (χ1) is 7.66. The molecule has 0 aliphatic heterocycles. The molecule has 1 heterocycles. The molecule has 0 spiro atoms. The molecule has 1 aromatic heterocycles. The van der Waals surface area contributed by atoms with Gasteiger partial charge >= 0.3 is 0 Å². The van der Waals surface area contributed by atoms with Crippen LogP contribution in [0.15, 0.2) is 29.0 Å². The van der Waals surface area contributed by atoms with Crippen molar-refractivity contribution in [2.24, 2.45) is 7.05 Å². The standard InChI is InChI=1S/C11H13BrN4/c1-8-3-4-10(9(12)5-8)13-6-11-15-14-7-16(11)2/h3-5,7,13H,6H2,1-2H3. The van der Waals surface area contributed by atoms with Crippen LogP contribution in [-0.2, 0) is 13.6 Å². The summed E-state index contributed by atoms with van der Waals surface area (Å²) in [6.07, 6.45) is 1.70. The Morgan fingerprint density at radius 3 is 2.88 bits per heavy atom. The third-order valence-corrected chi connectivity index (χ3v) is 3.02. The summed E-state index contributed by atoms with van der Waals surface area (Å²) < 4.78 is 2.96. The van der Waals surface area contributed by atoms with Crippen LogP contribution in [0.1, 0.15) is 11.4 Å². The van der Waals surface area contributed by atoms with Crippen LogP contribution in [0.4, 0.5) is 5.69 Å². The summed E-state index contributed by atoms with van der Waals surface area (Å²) in [5, 5.41) is 11.2. The van der Waals surface area contributed by atoms with Crippen molar-refractivity contribution in [3.63, 3.8) is 0 Å². The van der Waals surface area contributed by atoms with Gasteiger partial charge in [0.2, 0.25) is 0 Å². The molecule has 0 bridgehead atoms. The molecule has 0 saturated carbocycles. The summed E-state index contributed by atoms with van der Waals surface area (Å²) in [7, 11) is 1.93. The first kappa shape index (κ1) is 11.1. The van der Waals surface area contributed by atoms with Crippen molar-refractivity contribution in [2.45, 2.75) is 13.5 Å². The fourth-order valence-corrected chi connectivity index (χ4v) is 2.04. The summed E-state index contributed by atoms with van der Waals surface area (Å²) in [5.74, 6) is 0.910. The lowest BCUT2D eigenvalue weighted by Crippen LogP contribution is -2.06. The average Bonchev–Trinajstić information content (AvgIpc) is 2.63. The van der Waals surface area contributed by atoms with Gasteiger partial charge in [-0.1, -0.05) is 6.07 Å². The van der Waals surface area contributed by atoms with Crippen LogP contribution in [0.3, 0.4) is 0 Å². The van der Waals surface area contributed by atoms with E-state index in [-0.39, 0.29) is 0 Å². The molecule has 2 rings (SSSR count). The predicted molar refractivity (Wildman–Crippen MR) is 67.2 cm³/mol. The highest BCUT2D eigenvalue weighted by molar-refractivity contribution is 9.10. The number of hydrogen-bond donors (Lipinski definition) is 1. The molecule has 5 heteroatoms. The minimum Gasteiger partial charge on any atom is -0.377 e. The molecular formula is C11H13BrN4. The molecule has 0 fully saturated rings. The van der Waals surface area contributed by atoms with Gasteiger partial charge in [-0.15, -0.1) is 10.2 Å². The highest BCUT2D eigenvalue weighted by Crippen LogP contribution is 2.23. The number of halogens is 1. The van der Waals surface area contributed by atoms with E-state index in [1.165, 1.54) is 5.56 Å². The minimum atomic E-state index is 0.665. The summed E-state index contributed by atoms with van der Waals surface area (Å²) >= 11 is 3.52. The molecule has 1 aromatic carbocycles. The maximum atomic E-state index is 4.01. The highest BCUT2D eigenvalue weighted by Gasteiger charge is 2.02. The quantitative estimate of drug-likeness (QED) is 0.940. The van der Waals surface area contributed by atoms with E-state index in [0.29, 0.717) is 6.54 Å². The predicted octanol–water partition coefficient (Wildman–Crippen LogP) is 2.50. The van der Waals surface area contributed by atoms with E-state index in [1.54, 1.807) is 6.33 Å². The van der Waals surface area contributed by atoms with Crippen LogP contribution in [0, 0.1) is 6.92 Å². The fourth-order valence-electron chi connectivity index (χ4n) is 1.40. The molecule has 0 aliphatic rings. The third-order valence-electron chi connectivity index (χ3n) is 2.37. The van der Waals surface area contributed by atoms with E-state index in [1.807, 2.05) is 11.6 Å². The van der Waals surface area contributed by atoms with Crippen molar-refractivity contribution in [3.05, 3.63) is 40.4 Å². The van der Waals surface area contributed by atoms with Gasteiger partial charge in [0, 0.05) is 17.2 Å². The average molecular weight is 281 g/mol. The number of anilines is 1. The van der Waals surface area contributed by atoms with Crippen molar-refractivity contribution in [3.8, 4) is 0 Å². The number of rotatable bonds is 3. The molecule has 0 aliphatic carbocycles. The number of hydrogen-bond acceptors (Lipinski definition) is 3. The van der Waals surface area contributed by atoms with E-state index in [0.717, 1.165) is 16.0 Å². The van der Waals surface area contributed by atoms with Gasteiger partial charge in [-0.2, -0.15) is 0 Å². The maximum Gasteiger partial charge on any atom is 0.151 e. The molecule has 16 heavy (non-hydrogen) atoms. The second kappa shape index (κ2) is 4.65. The van der Waals surface area contributed by atoms with Crippen molar-refractivity contribution in [2.75, 3.05) is 5.32 Å². The Kier molecular flexibility index (Phi) is 3.24. The van der Waals surface area contributed by atoms with E-state index < -0.39 is 0 Å². The Hall–Kier alpha value is -1.36. The van der Waals surface area contributed by atoms with Crippen molar-refractivity contribution in [1.29, 1.82) is 0 Å². The Balaban J connectivity index is 2.08. The van der Waals surface area contributed by atoms with E-state index in [9.17, 15) is 0 Å². The van der Waals surface area contributed by atoms with Crippen molar-refractivity contribution >= 4 is 21.6 Å². The first-order valence-corrected chi connectivity index (χ1v) is 5.79. The third kappa shape index (κ3) is 2.41. The van der Waals surface area contributed by atoms with Crippen LogP contribution in [0.5, 0.6) is 0 Å². The van der Waals surface area contributed by atoms with Crippen LogP contribution in [0.2, 0.25) is 0 Å². The first-order valence-electron chi connectivity index (χ1n) is 4.99. The van der Waals surface area contributed by atoms with E-state index >= 15 is 0 Å². The number of aryl methyl sites for hydroxylation is 2. The Morgan fingerprint density at radius 2 is 2.25 bits per heavy atom. The molecule has 4 nitrogen and oxygen atoms in total. The normalized spacial score (nSPS) is 10.4. The number of nitrogens with zero attached hydrogens (tertiary/aromatic N) is 3. The Labute approximate surface area is 103 Å². The second-order valence-corrected chi connectivity index (χ2v) is 4.55. The zero-order valence-corrected chi connectivity index (χ0v) is 10.8. The van der Waals surface area contributed by atoms with Crippen LogP contribution < -0.4 is 5.32 Å². The van der Waals surface area contributed by atoms with Gasteiger partial charge in [-0.3, -0.25) is 0 Å². The lowest BCUT2D eigenvalue weighted by Gasteiger charge is -2.08. The highest BCUT2D eigenvalue weighted by atomic mass is 79.9. The number of aromatic nitrogens is 3. The van der Waals surface area contributed by atoms with Gasteiger partial charge in [0.15, 0.2) is 5.82 Å². The molecule has 2 aromatic rings. The molecule has 0 amide bonds. The molecule has 0 atom stereocenters. The van der Waals surface area contributed by atoms with E-state index in [2.05, 4.69) is 56.6 Å². The molecule has 1 N–H and O–H groups in total. The Morgan fingerprint density at radius 1 is 1.44 bits per heavy atom. The number of benzene rings is 1.